The van der Waals surface area contributed by atoms with Crippen LogP contribution >= 0.6 is 0 Å². The second-order valence-corrected chi connectivity index (χ2v) is 4.49. The molecule has 2 aromatic heterocycles. The molecule has 0 saturated heterocycles. The van der Waals surface area contributed by atoms with Crippen LogP contribution in [0.2, 0.25) is 0 Å². The quantitative estimate of drug-likeness (QED) is 0.777. The second-order valence-electron chi connectivity index (χ2n) is 4.49. The van der Waals surface area contributed by atoms with E-state index < -0.39 is 0 Å². The molecule has 0 aliphatic rings. The molecule has 2 aromatic rings. The Bertz CT molecular complexity index is 552. The van der Waals surface area contributed by atoms with E-state index in [9.17, 15) is 0 Å². The molecular weight excluding hydrogens is 244 g/mol. The molecule has 0 spiro atoms. The van der Waals surface area contributed by atoms with Gasteiger partial charge in [0.05, 0.1) is 24.7 Å². The molecule has 0 aliphatic heterocycles. The van der Waals surface area contributed by atoms with Gasteiger partial charge in [0.25, 0.3) is 0 Å². The third-order valence-electron chi connectivity index (χ3n) is 2.88. The Kier molecular flexibility index (Phi) is 4.28. The van der Waals surface area contributed by atoms with E-state index in [4.69, 9.17) is 5.11 Å². The summed E-state index contributed by atoms with van der Waals surface area (Å²) in [5.41, 5.74) is 0.818. The van der Waals surface area contributed by atoms with Gasteiger partial charge in [-0.1, -0.05) is 0 Å². The molecule has 0 fully saturated rings. The Morgan fingerprint density at radius 3 is 2.89 bits per heavy atom. The van der Waals surface area contributed by atoms with Crippen molar-refractivity contribution >= 4 is 16.9 Å². The molecule has 0 atom stereocenters. The molecular formula is C12H20N6O. The van der Waals surface area contributed by atoms with E-state index in [2.05, 4.69) is 20.4 Å². The van der Waals surface area contributed by atoms with E-state index in [-0.39, 0.29) is 6.61 Å². The fourth-order valence-corrected chi connectivity index (χ4v) is 1.93. The van der Waals surface area contributed by atoms with E-state index in [0.29, 0.717) is 13.1 Å². The van der Waals surface area contributed by atoms with Crippen molar-refractivity contribution in [1.82, 2.24) is 24.6 Å². The summed E-state index contributed by atoms with van der Waals surface area (Å²) in [5.74, 6) is 1.54. The fraction of sp³-hybridized carbons (Fsp3) is 0.583. The number of rotatable bonds is 6. The van der Waals surface area contributed by atoms with E-state index in [0.717, 1.165) is 29.2 Å². The SMILES string of the molecule is CCNc1nc(CN(C)CCO)nc2c1cnn2C. The van der Waals surface area contributed by atoms with Crippen LogP contribution in [0.25, 0.3) is 11.0 Å². The van der Waals surface area contributed by atoms with Gasteiger partial charge >= 0.3 is 0 Å². The zero-order chi connectivity index (χ0) is 13.8. The van der Waals surface area contributed by atoms with E-state index >= 15 is 0 Å². The topological polar surface area (TPSA) is 79.1 Å². The van der Waals surface area contributed by atoms with Crippen LogP contribution in [0.5, 0.6) is 0 Å². The predicted molar refractivity (Wildman–Crippen MR) is 73.9 cm³/mol. The molecule has 2 heterocycles. The van der Waals surface area contributed by atoms with Crippen molar-refractivity contribution in [3.63, 3.8) is 0 Å². The molecule has 19 heavy (non-hydrogen) atoms. The molecule has 0 bridgehead atoms. The van der Waals surface area contributed by atoms with Gasteiger partial charge in [-0.25, -0.2) is 9.97 Å². The highest BCUT2D eigenvalue weighted by Crippen LogP contribution is 2.19. The lowest BCUT2D eigenvalue weighted by atomic mass is 10.3. The van der Waals surface area contributed by atoms with Crippen LogP contribution in [0.4, 0.5) is 5.82 Å². The number of aromatic nitrogens is 4. The normalized spacial score (nSPS) is 11.4. The average molecular weight is 264 g/mol. The summed E-state index contributed by atoms with van der Waals surface area (Å²) >= 11 is 0. The second kappa shape index (κ2) is 5.94. The zero-order valence-electron chi connectivity index (χ0n) is 11.6. The number of aliphatic hydroxyl groups is 1. The minimum Gasteiger partial charge on any atom is -0.395 e. The summed E-state index contributed by atoms with van der Waals surface area (Å²) in [7, 11) is 3.80. The molecule has 0 aromatic carbocycles. The maximum atomic E-state index is 8.93. The molecule has 2 rings (SSSR count). The summed E-state index contributed by atoms with van der Waals surface area (Å²) in [4.78, 5) is 11.0. The molecule has 7 nitrogen and oxygen atoms in total. The third kappa shape index (κ3) is 2.99. The first-order chi connectivity index (χ1) is 9.15. The number of hydrogen-bond acceptors (Lipinski definition) is 6. The van der Waals surface area contributed by atoms with Crippen LogP contribution in [0, 0.1) is 0 Å². The van der Waals surface area contributed by atoms with Gasteiger partial charge in [-0.2, -0.15) is 5.10 Å². The molecule has 2 N–H and O–H groups in total. The minimum absolute atomic E-state index is 0.129. The molecule has 0 unspecified atom stereocenters. The Morgan fingerprint density at radius 2 is 2.21 bits per heavy atom. The smallest absolute Gasteiger partial charge is 0.163 e. The van der Waals surface area contributed by atoms with Gasteiger partial charge in [-0.15, -0.1) is 0 Å². The molecule has 0 aliphatic carbocycles. The van der Waals surface area contributed by atoms with Gasteiger partial charge in [-0.3, -0.25) is 9.58 Å². The van der Waals surface area contributed by atoms with Crippen LogP contribution in [0.15, 0.2) is 6.20 Å². The Balaban J connectivity index is 2.36. The molecule has 0 radical (unpaired) electrons. The highest BCUT2D eigenvalue weighted by Gasteiger charge is 2.12. The molecule has 104 valence electrons. The predicted octanol–water partition coefficient (Wildman–Crippen LogP) is 0.219. The van der Waals surface area contributed by atoms with E-state index in [1.54, 1.807) is 10.9 Å². The van der Waals surface area contributed by atoms with Crippen molar-refractivity contribution in [1.29, 1.82) is 0 Å². The van der Waals surface area contributed by atoms with Crippen molar-refractivity contribution in [2.24, 2.45) is 7.05 Å². The maximum Gasteiger partial charge on any atom is 0.163 e. The Morgan fingerprint density at radius 1 is 1.42 bits per heavy atom. The van der Waals surface area contributed by atoms with Crippen LogP contribution < -0.4 is 5.32 Å². The first kappa shape index (κ1) is 13.7. The third-order valence-corrected chi connectivity index (χ3v) is 2.88. The highest BCUT2D eigenvalue weighted by molar-refractivity contribution is 5.86. The summed E-state index contributed by atoms with van der Waals surface area (Å²) in [6.07, 6.45) is 1.77. The van der Waals surface area contributed by atoms with Crippen molar-refractivity contribution in [2.45, 2.75) is 13.5 Å². The minimum atomic E-state index is 0.129. The van der Waals surface area contributed by atoms with E-state index in [1.165, 1.54) is 0 Å². The summed E-state index contributed by atoms with van der Waals surface area (Å²) in [6.45, 7) is 4.16. The number of likely N-dealkylation sites (N-methyl/N-ethyl adjacent to an activating group) is 1. The van der Waals surface area contributed by atoms with Crippen molar-refractivity contribution in [2.75, 3.05) is 32.1 Å². The summed E-state index contributed by atoms with van der Waals surface area (Å²) in [6, 6.07) is 0. The monoisotopic (exact) mass is 264 g/mol. The van der Waals surface area contributed by atoms with Crippen LogP contribution in [-0.4, -0.2) is 56.5 Å². The lowest BCUT2D eigenvalue weighted by molar-refractivity contribution is 0.215. The number of anilines is 1. The van der Waals surface area contributed by atoms with Gasteiger partial charge < -0.3 is 10.4 Å². The van der Waals surface area contributed by atoms with Gasteiger partial charge in [0.1, 0.15) is 11.6 Å². The van der Waals surface area contributed by atoms with Crippen LogP contribution in [0.1, 0.15) is 12.7 Å². The first-order valence-corrected chi connectivity index (χ1v) is 6.37. The van der Waals surface area contributed by atoms with Crippen LogP contribution in [-0.2, 0) is 13.6 Å². The van der Waals surface area contributed by atoms with Gasteiger partial charge in [0, 0.05) is 20.1 Å². The highest BCUT2D eigenvalue weighted by atomic mass is 16.3. The average Bonchev–Trinajstić information content (AvgIpc) is 2.72. The number of fused-ring (bicyclic) bond motifs is 1. The fourth-order valence-electron chi connectivity index (χ4n) is 1.93. The number of aliphatic hydroxyl groups excluding tert-OH is 1. The molecule has 7 heteroatoms. The van der Waals surface area contributed by atoms with Gasteiger partial charge in [-0.05, 0) is 14.0 Å². The lowest BCUT2D eigenvalue weighted by Crippen LogP contribution is -2.23. The largest absolute Gasteiger partial charge is 0.395 e. The summed E-state index contributed by atoms with van der Waals surface area (Å²) < 4.78 is 1.74. The van der Waals surface area contributed by atoms with Crippen molar-refractivity contribution in [3.05, 3.63) is 12.0 Å². The number of nitrogens with one attached hydrogen (secondary N) is 1. The van der Waals surface area contributed by atoms with Gasteiger partial charge in [0.15, 0.2) is 5.65 Å². The number of nitrogens with zero attached hydrogens (tertiary/aromatic N) is 5. The Hall–Kier alpha value is -1.73. The molecule has 0 amide bonds. The van der Waals surface area contributed by atoms with Crippen LogP contribution in [0.3, 0.4) is 0 Å². The van der Waals surface area contributed by atoms with Gasteiger partial charge in [0.2, 0.25) is 0 Å². The first-order valence-electron chi connectivity index (χ1n) is 6.37. The Labute approximate surface area is 112 Å². The van der Waals surface area contributed by atoms with E-state index in [1.807, 2.05) is 25.9 Å². The standard InChI is InChI=1S/C12H20N6O/c1-4-13-11-9-7-14-18(3)12(9)16-10(15-11)8-17(2)5-6-19/h7,19H,4-6,8H2,1-3H3,(H,13,15,16). The zero-order valence-corrected chi connectivity index (χ0v) is 11.6. The summed E-state index contributed by atoms with van der Waals surface area (Å²) in [5, 5.41) is 17.3. The number of aryl methyl sites for hydroxylation is 1. The lowest BCUT2D eigenvalue weighted by Gasteiger charge is -2.14. The number of hydrogen-bond donors (Lipinski definition) is 2. The maximum absolute atomic E-state index is 8.93. The molecule has 0 saturated carbocycles. The van der Waals surface area contributed by atoms with Crippen molar-refractivity contribution < 1.29 is 5.11 Å². The van der Waals surface area contributed by atoms with Crippen molar-refractivity contribution in [3.8, 4) is 0 Å².